The minimum atomic E-state index is -0.368. The van der Waals surface area contributed by atoms with Crippen molar-refractivity contribution in [1.29, 1.82) is 0 Å². The maximum atomic E-state index is 12.0. The number of hydrogen-bond donors (Lipinski definition) is 1. The van der Waals surface area contributed by atoms with E-state index in [4.69, 9.17) is 19.9 Å². The van der Waals surface area contributed by atoms with Crippen molar-refractivity contribution < 1.29 is 19.0 Å². The largest absolute Gasteiger partial charge is 0.497 e. The fraction of sp³-hybridized carbons (Fsp3) is 0.409. The van der Waals surface area contributed by atoms with Gasteiger partial charge in [0.25, 0.3) is 0 Å². The summed E-state index contributed by atoms with van der Waals surface area (Å²) in [5, 5.41) is 0.986. The molecule has 2 N–H and O–H groups in total. The zero-order valence-corrected chi connectivity index (χ0v) is 17.8. The van der Waals surface area contributed by atoms with Crippen molar-refractivity contribution >= 4 is 33.3 Å². The van der Waals surface area contributed by atoms with Crippen LogP contribution in [0.1, 0.15) is 41.9 Å². The van der Waals surface area contributed by atoms with E-state index in [1.165, 1.54) is 29.7 Å². The van der Waals surface area contributed by atoms with E-state index < -0.39 is 0 Å². The highest BCUT2D eigenvalue weighted by atomic mass is 32.1. The van der Waals surface area contributed by atoms with Crippen LogP contribution < -0.4 is 15.2 Å². The summed E-state index contributed by atoms with van der Waals surface area (Å²) in [5.41, 5.74) is 7.54. The molecule has 0 radical (unpaired) electrons. The van der Waals surface area contributed by atoms with Gasteiger partial charge in [-0.25, -0.2) is 9.97 Å². The molecule has 30 heavy (non-hydrogen) atoms. The number of benzene rings is 1. The third kappa shape index (κ3) is 4.64. The molecule has 0 fully saturated rings. The van der Waals surface area contributed by atoms with Gasteiger partial charge in [-0.3, -0.25) is 4.79 Å². The predicted molar refractivity (Wildman–Crippen MR) is 116 cm³/mol. The highest BCUT2D eigenvalue weighted by Crippen LogP contribution is 2.37. The fourth-order valence-electron chi connectivity index (χ4n) is 3.61. The van der Waals surface area contributed by atoms with Crippen LogP contribution in [0.2, 0.25) is 0 Å². The Labute approximate surface area is 179 Å². The Kier molecular flexibility index (Phi) is 6.32. The quantitative estimate of drug-likeness (QED) is 0.448. The molecule has 2 aromatic heterocycles. The zero-order valence-electron chi connectivity index (χ0n) is 17.0. The summed E-state index contributed by atoms with van der Waals surface area (Å²) in [6.07, 6.45) is 5.88. The van der Waals surface area contributed by atoms with Gasteiger partial charge in [0, 0.05) is 4.88 Å². The van der Waals surface area contributed by atoms with E-state index in [9.17, 15) is 4.79 Å². The third-order valence-corrected chi connectivity index (χ3v) is 6.32. The smallest absolute Gasteiger partial charge is 0.309 e. The van der Waals surface area contributed by atoms with Gasteiger partial charge in [-0.15, -0.1) is 11.3 Å². The van der Waals surface area contributed by atoms with Crippen molar-refractivity contribution in [2.75, 3.05) is 19.5 Å². The maximum absolute atomic E-state index is 12.0. The predicted octanol–water partition coefficient (Wildman–Crippen LogP) is 4.06. The van der Waals surface area contributed by atoms with Crippen LogP contribution in [0, 0.1) is 0 Å². The molecule has 4 rings (SSSR count). The first-order valence-electron chi connectivity index (χ1n) is 10.1. The van der Waals surface area contributed by atoms with Gasteiger partial charge in [0.05, 0.1) is 25.5 Å². The van der Waals surface area contributed by atoms with Crippen LogP contribution in [0.3, 0.4) is 0 Å². The van der Waals surface area contributed by atoms with E-state index in [-0.39, 0.29) is 25.6 Å². The van der Waals surface area contributed by atoms with E-state index in [0.717, 1.165) is 28.8 Å². The molecular weight excluding hydrogens is 402 g/mol. The molecule has 0 bridgehead atoms. The number of thiophene rings is 1. The molecule has 0 saturated carbocycles. The Balaban J connectivity index is 1.32. The number of carbonyl (C=O) groups is 1. The maximum Gasteiger partial charge on any atom is 0.309 e. The number of nitrogens with two attached hydrogens (primary N) is 1. The Bertz CT molecular complexity index is 1030. The van der Waals surface area contributed by atoms with E-state index >= 15 is 0 Å². The standard InChI is InChI=1S/C22H25N3O4S/c1-27-14-7-9-15(10-8-14)28-12-11-19(26)29-13-18-24-21(23)20-16-5-3-2-4-6-17(16)30-22(20)25-18/h7-10H,2-6,11-13H2,1H3,(H2,23,24,25). The summed E-state index contributed by atoms with van der Waals surface area (Å²) in [6.45, 7) is 0.231. The number of esters is 1. The monoisotopic (exact) mass is 427 g/mol. The zero-order chi connectivity index (χ0) is 20.9. The number of fused-ring (bicyclic) bond motifs is 3. The van der Waals surface area contributed by atoms with Crippen LogP contribution in [0.5, 0.6) is 11.5 Å². The Morgan fingerprint density at radius 1 is 1.10 bits per heavy atom. The Morgan fingerprint density at radius 2 is 1.87 bits per heavy atom. The van der Waals surface area contributed by atoms with Gasteiger partial charge in [-0.2, -0.15) is 0 Å². The molecule has 8 heteroatoms. The number of aromatic nitrogens is 2. The van der Waals surface area contributed by atoms with Gasteiger partial charge in [0.2, 0.25) is 0 Å². The lowest BCUT2D eigenvalue weighted by atomic mass is 10.1. The lowest BCUT2D eigenvalue weighted by molar-refractivity contribution is -0.145. The summed E-state index contributed by atoms with van der Waals surface area (Å²) in [6, 6.07) is 7.18. The SMILES string of the molecule is COc1ccc(OCCC(=O)OCc2nc(N)c3c4c(sc3n2)CCCCC4)cc1. The van der Waals surface area contributed by atoms with Crippen molar-refractivity contribution in [2.24, 2.45) is 0 Å². The van der Waals surface area contributed by atoms with E-state index in [0.29, 0.717) is 17.4 Å². The second-order valence-corrected chi connectivity index (χ2v) is 8.29. The molecule has 1 aliphatic rings. The molecule has 158 valence electrons. The van der Waals surface area contributed by atoms with Crippen LogP contribution in [0.25, 0.3) is 10.2 Å². The lowest BCUT2D eigenvalue weighted by Crippen LogP contribution is -2.11. The first-order valence-corrected chi connectivity index (χ1v) is 10.9. The minimum Gasteiger partial charge on any atom is -0.497 e. The van der Waals surface area contributed by atoms with Gasteiger partial charge < -0.3 is 19.9 Å². The van der Waals surface area contributed by atoms with Crippen LogP contribution >= 0.6 is 11.3 Å². The molecule has 0 amide bonds. The summed E-state index contributed by atoms with van der Waals surface area (Å²) >= 11 is 1.69. The van der Waals surface area contributed by atoms with Gasteiger partial charge >= 0.3 is 5.97 Å². The second-order valence-electron chi connectivity index (χ2n) is 7.20. The summed E-state index contributed by atoms with van der Waals surface area (Å²) in [5.74, 6) is 1.96. The molecule has 0 saturated heterocycles. The van der Waals surface area contributed by atoms with E-state index in [1.54, 1.807) is 42.7 Å². The Morgan fingerprint density at radius 3 is 2.67 bits per heavy atom. The number of aryl methyl sites for hydroxylation is 2. The molecule has 1 aromatic carbocycles. The van der Waals surface area contributed by atoms with Gasteiger partial charge in [-0.1, -0.05) is 6.42 Å². The van der Waals surface area contributed by atoms with Crippen molar-refractivity contribution in [2.45, 2.75) is 45.1 Å². The molecule has 1 aliphatic carbocycles. The number of carbonyl (C=O) groups excluding carboxylic acids is 1. The minimum absolute atomic E-state index is 0.00404. The molecule has 0 unspecified atom stereocenters. The second kappa shape index (κ2) is 9.30. The van der Waals surface area contributed by atoms with Crippen LogP contribution in [-0.2, 0) is 29.0 Å². The van der Waals surface area contributed by atoms with Gasteiger partial charge in [-0.05, 0) is 55.5 Å². The fourth-order valence-corrected chi connectivity index (χ4v) is 4.90. The molecule has 0 aliphatic heterocycles. The summed E-state index contributed by atoms with van der Waals surface area (Å²) in [4.78, 5) is 23.3. The lowest BCUT2D eigenvalue weighted by Gasteiger charge is -2.08. The number of ether oxygens (including phenoxy) is 3. The topological polar surface area (TPSA) is 96.6 Å². The molecule has 2 heterocycles. The molecule has 7 nitrogen and oxygen atoms in total. The van der Waals surface area contributed by atoms with Gasteiger partial charge in [0.15, 0.2) is 12.4 Å². The average molecular weight is 428 g/mol. The van der Waals surface area contributed by atoms with Crippen LogP contribution in [-0.4, -0.2) is 29.7 Å². The van der Waals surface area contributed by atoms with Crippen molar-refractivity contribution in [3.05, 3.63) is 40.5 Å². The number of hydrogen-bond acceptors (Lipinski definition) is 8. The van der Waals surface area contributed by atoms with Crippen LogP contribution in [0.4, 0.5) is 5.82 Å². The van der Waals surface area contributed by atoms with E-state index in [1.807, 2.05) is 0 Å². The highest BCUT2D eigenvalue weighted by Gasteiger charge is 2.19. The number of anilines is 1. The first kappa shape index (κ1) is 20.4. The Hall–Kier alpha value is -2.87. The molecule has 3 aromatic rings. The highest BCUT2D eigenvalue weighted by molar-refractivity contribution is 7.19. The van der Waals surface area contributed by atoms with Crippen LogP contribution in [0.15, 0.2) is 24.3 Å². The number of nitrogen functional groups attached to an aromatic ring is 1. The van der Waals surface area contributed by atoms with E-state index in [2.05, 4.69) is 9.97 Å². The van der Waals surface area contributed by atoms with Gasteiger partial charge in [0.1, 0.15) is 22.1 Å². The number of rotatable bonds is 7. The molecular formula is C22H25N3O4S. The molecule has 0 spiro atoms. The first-order chi connectivity index (χ1) is 14.6. The van der Waals surface area contributed by atoms with Crippen molar-refractivity contribution in [1.82, 2.24) is 9.97 Å². The molecule has 0 atom stereocenters. The average Bonchev–Trinajstić information content (AvgIpc) is 2.94. The van der Waals surface area contributed by atoms with Crippen molar-refractivity contribution in [3.8, 4) is 11.5 Å². The number of methoxy groups -OCH3 is 1. The third-order valence-electron chi connectivity index (χ3n) is 5.14. The normalized spacial score (nSPS) is 13.5. The number of nitrogens with zero attached hydrogens (tertiary/aromatic N) is 2. The van der Waals surface area contributed by atoms with Crippen molar-refractivity contribution in [3.63, 3.8) is 0 Å². The summed E-state index contributed by atoms with van der Waals surface area (Å²) in [7, 11) is 1.61. The summed E-state index contributed by atoms with van der Waals surface area (Å²) < 4.78 is 16.0.